The van der Waals surface area contributed by atoms with E-state index in [2.05, 4.69) is 60.7 Å². The van der Waals surface area contributed by atoms with Crippen LogP contribution < -0.4 is 0 Å². The van der Waals surface area contributed by atoms with Gasteiger partial charge in [-0.05, 0) is 16.7 Å². The Morgan fingerprint density at radius 2 is 1.04 bits per heavy atom. The molecule has 3 aromatic carbocycles. The zero-order valence-electron chi connectivity index (χ0n) is 15.1. The first-order chi connectivity index (χ1) is 13.3. The monoisotopic (exact) mass is 372 g/mol. The lowest BCUT2D eigenvalue weighted by Crippen LogP contribution is -2.00. The molecule has 0 N–H and O–H groups in total. The normalized spacial score (nSPS) is 10.9. The fourth-order valence-electron chi connectivity index (χ4n) is 3.31. The number of benzene rings is 3. The topological polar surface area (TPSA) is 17.8 Å². The second-order valence-corrected chi connectivity index (χ2v) is 7.03. The molecule has 0 amide bonds. The molecule has 0 atom stereocenters. The van der Waals surface area contributed by atoms with Crippen molar-refractivity contribution in [3.8, 4) is 0 Å². The van der Waals surface area contributed by atoms with Crippen molar-refractivity contribution in [3.63, 3.8) is 0 Å². The number of nitrogens with zero attached hydrogens (tertiary/aromatic N) is 2. The van der Waals surface area contributed by atoms with Gasteiger partial charge in [0.25, 0.3) is 0 Å². The van der Waals surface area contributed by atoms with Gasteiger partial charge in [-0.1, -0.05) is 91.0 Å². The molecule has 0 saturated carbocycles. The molecular formula is C24H21ClN2. The molecular weight excluding hydrogens is 352 g/mol. The van der Waals surface area contributed by atoms with Gasteiger partial charge in [-0.25, -0.2) is 9.07 Å². The summed E-state index contributed by atoms with van der Waals surface area (Å²) in [4.78, 5) is 4.93. The molecule has 0 bridgehead atoms. The van der Waals surface area contributed by atoms with Crippen LogP contribution in [0.2, 0.25) is 0 Å². The molecule has 4 aromatic rings. The van der Waals surface area contributed by atoms with Gasteiger partial charge in [0, 0.05) is 31.0 Å². The van der Waals surface area contributed by atoms with Crippen LogP contribution >= 0.6 is 11.8 Å². The first-order valence-electron chi connectivity index (χ1n) is 9.17. The van der Waals surface area contributed by atoms with Gasteiger partial charge < -0.3 is 0 Å². The predicted molar refractivity (Wildman–Crippen MR) is 111 cm³/mol. The first-order valence-corrected chi connectivity index (χ1v) is 9.50. The lowest BCUT2D eigenvalue weighted by molar-refractivity contribution is 0.946. The average Bonchev–Trinajstić information content (AvgIpc) is 2.99. The van der Waals surface area contributed by atoms with Crippen molar-refractivity contribution in [1.29, 1.82) is 0 Å². The summed E-state index contributed by atoms with van der Waals surface area (Å²) in [5.74, 6) is 0.889. The van der Waals surface area contributed by atoms with Crippen LogP contribution in [0.4, 0.5) is 0 Å². The van der Waals surface area contributed by atoms with Crippen LogP contribution in [0.1, 0.15) is 33.9 Å². The highest BCUT2D eigenvalue weighted by atomic mass is 35.5. The van der Waals surface area contributed by atoms with Crippen LogP contribution in [-0.2, 0) is 19.3 Å². The number of hydrogen-bond donors (Lipinski definition) is 0. The van der Waals surface area contributed by atoms with Crippen molar-refractivity contribution in [2.75, 3.05) is 0 Å². The highest BCUT2D eigenvalue weighted by molar-refractivity contribution is 6.16. The second-order valence-electron chi connectivity index (χ2n) is 6.69. The number of rotatable bonds is 6. The Morgan fingerprint density at radius 1 is 0.593 bits per heavy atom. The molecule has 2 nitrogen and oxygen atoms in total. The van der Waals surface area contributed by atoms with E-state index in [9.17, 15) is 0 Å². The lowest BCUT2D eigenvalue weighted by Gasteiger charge is -2.06. The summed E-state index contributed by atoms with van der Waals surface area (Å²) in [7, 11) is 0. The molecule has 0 fully saturated rings. The first kappa shape index (κ1) is 17.6. The van der Waals surface area contributed by atoms with E-state index in [1.54, 1.807) is 4.09 Å². The average molecular weight is 373 g/mol. The summed E-state index contributed by atoms with van der Waals surface area (Å²) in [6.07, 6.45) is 2.28. The molecule has 0 saturated heterocycles. The molecule has 1 aromatic heterocycles. The number of aromatic nitrogens is 2. The minimum atomic E-state index is 0.723. The Morgan fingerprint density at radius 3 is 1.56 bits per heavy atom. The number of halogens is 1. The van der Waals surface area contributed by atoms with Crippen LogP contribution in [0.15, 0.2) is 91.0 Å². The zero-order chi connectivity index (χ0) is 18.5. The Balaban J connectivity index is 1.69. The molecule has 3 heteroatoms. The summed E-state index contributed by atoms with van der Waals surface area (Å²) in [6.45, 7) is 0. The van der Waals surface area contributed by atoms with E-state index in [4.69, 9.17) is 16.8 Å². The van der Waals surface area contributed by atoms with E-state index in [0.29, 0.717) is 0 Å². The van der Waals surface area contributed by atoms with Crippen molar-refractivity contribution >= 4 is 11.8 Å². The van der Waals surface area contributed by atoms with Gasteiger partial charge in [0.1, 0.15) is 5.82 Å². The summed E-state index contributed by atoms with van der Waals surface area (Å²) in [5.41, 5.74) is 5.80. The van der Waals surface area contributed by atoms with E-state index < -0.39 is 0 Å². The minimum absolute atomic E-state index is 0.723. The minimum Gasteiger partial charge on any atom is -0.242 e. The van der Waals surface area contributed by atoms with Crippen LogP contribution in [0, 0.1) is 0 Å². The Kier molecular flexibility index (Phi) is 5.36. The van der Waals surface area contributed by atoms with Gasteiger partial charge in [-0.15, -0.1) is 0 Å². The van der Waals surface area contributed by atoms with Crippen LogP contribution in [0.5, 0.6) is 0 Å². The second kappa shape index (κ2) is 8.24. The Hall–Kier alpha value is -2.84. The summed E-state index contributed by atoms with van der Waals surface area (Å²) in [5, 5.41) is 0. The number of imidazole rings is 1. The lowest BCUT2D eigenvalue weighted by atomic mass is 10.0. The van der Waals surface area contributed by atoms with E-state index in [0.717, 1.165) is 36.5 Å². The third kappa shape index (κ3) is 4.29. The molecule has 134 valence electrons. The van der Waals surface area contributed by atoms with Crippen molar-refractivity contribution < 1.29 is 0 Å². The van der Waals surface area contributed by atoms with Crippen LogP contribution in [0.25, 0.3) is 0 Å². The van der Waals surface area contributed by atoms with E-state index in [-0.39, 0.29) is 0 Å². The summed E-state index contributed by atoms with van der Waals surface area (Å²) < 4.78 is 1.76. The van der Waals surface area contributed by atoms with Crippen molar-refractivity contribution in [2.45, 2.75) is 19.3 Å². The summed E-state index contributed by atoms with van der Waals surface area (Å²) >= 11 is 6.75. The van der Waals surface area contributed by atoms with Gasteiger partial charge >= 0.3 is 0 Å². The summed E-state index contributed by atoms with van der Waals surface area (Å²) in [6, 6.07) is 31.2. The van der Waals surface area contributed by atoms with Gasteiger partial charge in [-0.2, -0.15) is 0 Å². The number of hydrogen-bond acceptors (Lipinski definition) is 1. The Bertz CT molecular complexity index is 993. The molecule has 27 heavy (non-hydrogen) atoms. The third-order valence-corrected chi connectivity index (χ3v) is 5.09. The molecule has 1 heterocycles. The SMILES string of the molecule is Cln1c(Cc2ccccc2)nc(Cc2ccccc2)c1Cc1ccccc1. The molecule has 4 rings (SSSR count). The van der Waals surface area contributed by atoms with Crippen molar-refractivity contribution in [2.24, 2.45) is 0 Å². The predicted octanol–water partition coefficient (Wildman–Crippen LogP) is 5.66. The smallest absolute Gasteiger partial charge is 0.128 e. The molecule has 0 unspecified atom stereocenters. The van der Waals surface area contributed by atoms with E-state index in [1.165, 1.54) is 16.7 Å². The van der Waals surface area contributed by atoms with Crippen molar-refractivity contribution in [1.82, 2.24) is 9.07 Å². The highest BCUT2D eigenvalue weighted by Gasteiger charge is 2.17. The van der Waals surface area contributed by atoms with Gasteiger partial charge in [0.2, 0.25) is 0 Å². The molecule has 0 radical (unpaired) electrons. The molecule has 0 aliphatic heterocycles. The maximum absolute atomic E-state index is 6.75. The standard InChI is InChI=1S/C24H21ClN2/c25-27-23(17-20-12-6-2-7-13-20)22(16-19-10-4-1-5-11-19)26-24(27)18-21-14-8-3-9-15-21/h1-15H,16-18H2. The van der Waals surface area contributed by atoms with Crippen LogP contribution in [0.3, 0.4) is 0 Å². The maximum atomic E-state index is 6.75. The van der Waals surface area contributed by atoms with Crippen LogP contribution in [-0.4, -0.2) is 9.07 Å². The van der Waals surface area contributed by atoms with E-state index >= 15 is 0 Å². The maximum Gasteiger partial charge on any atom is 0.128 e. The van der Waals surface area contributed by atoms with Crippen molar-refractivity contribution in [3.05, 3.63) is 125 Å². The van der Waals surface area contributed by atoms with Gasteiger partial charge in [0.05, 0.1) is 11.4 Å². The highest BCUT2D eigenvalue weighted by Crippen LogP contribution is 2.22. The molecule has 0 aliphatic carbocycles. The van der Waals surface area contributed by atoms with Gasteiger partial charge in [0.15, 0.2) is 0 Å². The zero-order valence-corrected chi connectivity index (χ0v) is 15.8. The largest absolute Gasteiger partial charge is 0.242 e. The quantitative estimate of drug-likeness (QED) is 0.427. The fourth-order valence-corrected chi connectivity index (χ4v) is 3.57. The fraction of sp³-hybridized carbons (Fsp3) is 0.125. The van der Waals surface area contributed by atoms with Gasteiger partial charge in [-0.3, -0.25) is 0 Å². The third-order valence-electron chi connectivity index (χ3n) is 4.69. The van der Waals surface area contributed by atoms with E-state index in [1.807, 2.05) is 30.3 Å². The molecule has 0 spiro atoms. The Labute approximate surface area is 165 Å². The molecule has 0 aliphatic rings.